The molecule has 1 N–H and O–H groups in total. The zero-order valence-electron chi connectivity index (χ0n) is 12.6. The van der Waals surface area contributed by atoms with Gasteiger partial charge in [0.05, 0.1) is 16.1 Å². The third kappa shape index (κ3) is 4.31. The van der Waals surface area contributed by atoms with Gasteiger partial charge in [-0.3, -0.25) is 9.59 Å². The number of nitrogens with zero attached hydrogens (tertiary/aromatic N) is 1. The summed E-state index contributed by atoms with van der Waals surface area (Å²) < 4.78 is 18.4. The topological polar surface area (TPSA) is 79.2 Å². The van der Waals surface area contributed by atoms with E-state index in [-0.39, 0.29) is 28.7 Å². The summed E-state index contributed by atoms with van der Waals surface area (Å²) in [6.07, 6.45) is 0. The third-order valence-electron chi connectivity index (χ3n) is 3.05. The summed E-state index contributed by atoms with van der Waals surface area (Å²) in [7, 11) is 0. The molecule has 0 spiro atoms. The summed E-state index contributed by atoms with van der Waals surface area (Å²) in [5.74, 6) is -1.31. The first-order valence-corrected chi connectivity index (χ1v) is 7.21. The van der Waals surface area contributed by atoms with E-state index in [1.165, 1.54) is 31.2 Å². The lowest BCUT2D eigenvalue weighted by atomic mass is 10.1. The fourth-order valence-corrected chi connectivity index (χ4v) is 2.15. The van der Waals surface area contributed by atoms with Crippen LogP contribution in [0.25, 0.3) is 0 Å². The first-order valence-electron chi connectivity index (χ1n) is 6.83. The molecular formula is C17H12ClFN2O3. The fraction of sp³-hybridized carbons (Fsp3) is 0.118. The molecule has 0 saturated carbocycles. The zero-order chi connectivity index (χ0) is 17.7. The molecule has 0 aliphatic rings. The number of Topliss-reactive ketones (excluding diaryl/α,β-unsaturated/α-hetero) is 1. The lowest BCUT2D eigenvalue weighted by Crippen LogP contribution is -2.20. The Kier molecular flexibility index (Phi) is 5.51. The molecular weight excluding hydrogens is 335 g/mol. The summed E-state index contributed by atoms with van der Waals surface area (Å²) in [5.41, 5.74) is 0.756. The number of ether oxygens (including phenoxy) is 1. The Balaban J connectivity index is 2.03. The van der Waals surface area contributed by atoms with Gasteiger partial charge in [0.1, 0.15) is 17.6 Å². The van der Waals surface area contributed by atoms with Crippen molar-refractivity contribution >= 4 is 29.0 Å². The molecule has 0 heterocycles. The quantitative estimate of drug-likeness (QED) is 0.839. The van der Waals surface area contributed by atoms with Crippen molar-refractivity contribution < 1.29 is 18.7 Å². The highest BCUT2D eigenvalue weighted by Crippen LogP contribution is 2.22. The summed E-state index contributed by atoms with van der Waals surface area (Å²) in [6.45, 7) is 0.907. The summed E-state index contributed by atoms with van der Waals surface area (Å²) in [4.78, 5) is 23.4. The van der Waals surface area contributed by atoms with Crippen molar-refractivity contribution in [3.05, 3.63) is 58.4 Å². The van der Waals surface area contributed by atoms with Crippen LogP contribution in [0.1, 0.15) is 22.8 Å². The molecule has 0 aromatic heterocycles. The number of nitrogens with one attached hydrogen (secondary N) is 1. The number of benzene rings is 2. The Hall–Kier alpha value is -2.91. The van der Waals surface area contributed by atoms with Gasteiger partial charge in [-0.25, -0.2) is 4.39 Å². The van der Waals surface area contributed by atoms with Crippen LogP contribution in [0.5, 0.6) is 5.75 Å². The minimum Gasteiger partial charge on any atom is -0.483 e. The number of amides is 1. The Bertz CT molecular complexity index is 846. The minimum absolute atomic E-state index is 0.0595. The highest BCUT2D eigenvalue weighted by Gasteiger charge is 2.12. The van der Waals surface area contributed by atoms with Crippen LogP contribution >= 0.6 is 11.6 Å². The highest BCUT2D eigenvalue weighted by atomic mass is 35.5. The van der Waals surface area contributed by atoms with E-state index < -0.39 is 11.7 Å². The van der Waals surface area contributed by atoms with Gasteiger partial charge in [0.25, 0.3) is 5.91 Å². The molecule has 24 heavy (non-hydrogen) atoms. The molecule has 1 amide bonds. The van der Waals surface area contributed by atoms with Crippen LogP contribution in [0.15, 0.2) is 36.4 Å². The number of carbonyl (C=O) groups is 2. The average molecular weight is 347 g/mol. The van der Waals surface area contributed by atoms with Crippen LogP contribution in [0.4, 0.5) is 10.1 Å². The number of hydrogen-bond acceptors (Lipinski definition) is 4. The van der Waals surface area contributed by atoms with Crippen molar-refractivity contribution in [1.29, 1.82) is 5.26 Å². The van der Waals surface area contributed by atoms with Crippen molar-refractivity contribution in [3.8, 4) is 11.8 Å². The van der Waals surface area contributed by atoms with Crippen molar-refractivity contribution in [1.82, 2.24) is 0 Å². The standard InChI is InChI=1S/C17H12ClFN2O3/c1-10(22)14-6-12(19)3-5-16(14)24-9-17(23)21-13-4-2-11(8-20)15(18)7-13/h2-7H,9H2,1H3,(H,21,23). The number of ketones is 1. The maximum atomic E-state index is 13.2. The predicted octanol–water partition coefficient (Wildman–Crippen LogP) is 3.57. The smallest absolute Gasteiger partial charge is 0.262 e. The second kappa shape index (κ2) is 7.57. The minimum atomic E-state index is -0.566. The van der Waals surface area contributed by atoms with E-state index >= 15 is 0 Å². The van der Waals surface area contributed by atoms with Gasteiger partial charge in [-0.15, -0.1) is 0 Å². The van der Waals surface area contributed by atoms with Crippen LogP contribution in [0, 0.1) is 17.1 Å². The molecule has 2 aromatic carbocycles. The second-order valence-electron chi connectivity index (χ2n) is 4.84. The SMILES string of the molecule is CC(=O)c1cc(F)ccc1OCC(=O)Nc1ccc(C#N)c(Cl)c1. The summed E-state index contributed by atoms with van der Waals surface area (Å²) in [6, 6.07) is 9.84. The van der Waals surface area contributed by atoms with Gasteiger partial charge in [0.2, 0.25) is 0 Å². The molecule has 122 valence electrons. The van der Waals surface area contributed by atoms with Crippen LogP contribution in [-0.4, -0.2) is 18.3 Å². The summed E-state index contributed by atoms with van der Waals surface area (Å²) >= 11 is 5.88. The molecule has 0 radical (unpaired) electrons. The number of rotatable bonds is 5. The number of nitriles is 1. The maximum absolute atomic E-state index is 13.2. The fourth-order valence-electron chi connectivity index (χ4n) is 1.93. The number of anilines is 1. The van der Waals surface area contributed by atoms with E-state index in [4.69, 9.17) is 21.6 Å². The van der Waals surface area contributed by atoms with Crippen molar-refractivity contribution in [2.75, 3.05) is 11.9 Å². The first-order chi connectivity index (χ1) is 11.4. The van der Waals surface area contributed by atoms with E-state index in [1.807, 2.05) is 6.07 Å². The number of halogens is 2. The Morgan fingerprint density at radius 2 is 2.04 bits per heavy atom. The van der Waals surface area contributed by atoms with Crippen molar-refractivity contribution in [2.45, 2.75) is 6.92 Å². The predicted molar refractivity (Wildman–Crippen MR) is 86.7 cm³/mol. The van der Waals surface area contributed by atoms with E-state index in [0.29, 0.717) is 11.3 Å². The lowest BCUT2D eigenvalue weighted by molar-refractivity contribution is -0.118. The van der Waals surface area contributed by atoms with Gasteiger partial charge in [-0.05, 0) is 43.3 Å². The molecule has 0 unspecified atom stereocenters. The van der Waals surface area contributed by atoms with Crippen LogP contribution in [-0.2, 0) is 4.79 Å². The van der Waals surface area contributed by atoms with Gasteiger partial charge < -0.3 is 10.1 Å². The average Bonchev–Trinajstić information content (AvgIpc) is 2.53. The van der Waals surface area contributed by atoms with Gasteiger partial charge in [0, 0.05) is 5.69 Å². The number of hydrogen-bond donors (Lipinski definition) is 1. The lowest BCUT2D eigenvalue weighted by Gasteiger charge is -2.10. The van der Waals surface area contributed by atoms with E-state index in [9.17, 15) is 14.0 Å². The second-order valence-corrected chi connectivity index (χ2v) is 5.25. The van der Waals surface area contributed by atoms with Crippen LogP contribution < -0.4 is 10.1 Å². The van der Waals surface area contributed by atoms with Crippen molar-refractivity contribution in [3.63, 3.8) is 0 Å². The molecule has 0 aliphatic carbocycles. The largest absolute Gasteiger partial charge is 0.483 e. The van der Waals surface area contributed by atoms with Crippen LogP contribution in [0.3, 0.4) is 0 Å². The van der Waals surface area contributed by atoms with Gasteiger partial charge in [0.15, 0.2) is 12.4 Å². The molecule has 0 aliphatic heterocycles. The molecule has 0 atom stereocenters. The van der Waals surface area contributed by atoms with Crippen LogP contribution in [0.2, 0.25) is 5.02 Å². The first kappa shape index (κ1) is 17.4. The molecule has 7 heteroatoms. The Morgan fingerprint density at radius 3 is 2.67 bits per heavy atom. The molecule has 0 fully saturated rings. The third-order valence-corrected chi connectivity index (χ3v) is 3.37. The van der Waals surface area contributed by atoms with E-state index in [2.05, 4.69) is 5.32 Å². The maximum Gasteiger partial charge on any atom is 0.262 e. The van der Waals surface area contributed by atoms with Crippen molar-refractivity contribution in [2.24, 2.45) is 0 Å². The highest BCUT2D eigenvalue weighted by molar-refractivity contribution is 6.32. The number of carbonyl (C=O) groups excluding carboxylic acids is 2. The van der Waals surface area contributed by atoms with Gasteiger partial charge in [-0.2, -0.15) is 5.26 Å². The Morgan fingerprint density at radius 1 is 1.29 bits per heavy atom. The monoisotopic (exact) mass is 346 g/mol. The molecule has 5 nitrogen and oxygen atoms in total. The summed E-state index contributed by atoms with van der Waals surface area (Å²) in [5, 5.41) is 11.6. The van der Waals surface area contributed by atoms with Gasteiger partial charge >= 0.3 is 0 Å². The molecule has 2 aromatic rings. The molecule has 0 saturated heterocycles. The van der Waals surface area contributed by atoms with E-state index in [0.717, 1.165) is 12.1 Å². The molecule has 2 rings (SSSR count). The zero-order valence-corrected chi connectivity index (χ0v) is 13.4. The Labute approximate surface area is 142 Å². The van der Waals surface area contributed by atoms with E-state index in [1.54, 1.807) is 0 Å². The normalized spacial score (nSPS) is 9.92. The molecule has 0 bridgehead atoms. The van der Waals surface area contributed by atoms with Gasteiger partial charge in [-0.1, -0.05) is 11.6 Å².